The van der Waals surface area contributed by atoms with Gasteiger partial charge in [-0.2, -0.15) is 0 Å². The van der Waals surface area contributed by atoms with Gasteiger partial charge in [0.2, 0.25) is 5.91 Å². The summed E-state index contributed by atoms with van der Waals surface area (Å²) < 4.78 is 0. The van der Waals surface area contributed by atoms with E-state index in [0.29, 0.717) is 22.2 Å². The molecule has 3 nitrogen and oxygen atoms in total. The van der Waals surface area contributed by atoms with Crippen molar-refractivity contribution in [2.24, 2.45) is 0 Å². The lowest BCUT2D eigenvalue weighted by Crippen LogP contribution is -2.20. The third-order valence-corrected chi connectivity index (χ3v) is 3.23. The van der Waals surface area contributed by atoms with E-state index in [1.165, 1.54) is 6.08 Å². The predicted molar refractivity (Wildman–Crippen MR) is 81.6 cm³/mol. The second-order valence-electron chi connectivity index (χ2n) is 4.01. The van der Waals surface area contributed by atoms with Crippen LogP contribution < -0.4 is 5.32 Å². The van der Waals surface area contributed by atoms with Gasteiger partial charge in [0.15, 0.2) is 0 Å². The van der Waals surface area contributed by atoms with Crippen molar-refractivity contribution in [3.05, 3.63) is 70.0 Å². The minimum Gasteiger partial charge on any atom is -0.347 e. The molecule has 1 aromatic heterocycles. The fourth-order valence-corrected chi connectivity index (χ4v) is 2.09. The summed E-state index contributed by atoms with van der Waals surface area (Å²) in [6.07, 6.45) is 4.68. The van der Waals surface area contributed by atoms with Gasteiger partial charge in [-0.25, -0.2) is 0 Å². The van der Waals surface area contributed by atoms with Crippen LogP contribution in [0.1, 0.15) is 11.3 Å². The molecule has 0 unspecified atom stereocenters. The topological polar surface area (TPSA) is 42.0 Å². The number of carbonyl (C=O) groups excluding carboxylic acids is 1. The third kappa shape index (κ3) is 4.08. The van der Waals surface area contributed by atoms with E-state index in [9.17, 15) is 4.79 Å². The Balaban J connectivity index is 1.96. The number of hydrogen-bond acceptors (Lipinski definition) is 2. The van der Waals surface area contributed by atoms with E-state index < -0.39 is 0 Å². The molecule has 0 saturated heterocycles. The lowest BCUT2D eigenvalue weighted by atomic mass is 10.2. The number of rotatable bonds is 4. The molecule has 102 valence electrons. The monoisotopic (exact) mass is 306 g/mol. The number of halogens is 2. The lowest BCUT2D eigenvalue weighted by Gasteiger charge is -2.02. The van der Waals surface area contributed by atoms with Crippen LogP contribution in [-0.2, 0) is 11.3 Å². The van der Waals surface area contributed by atoms with Crippen LogP contribution in [0, 0.1) is 0 Å². The van der Waals surface area contributed by atoms with Crippen molar-refractivity contribution in [1.82, 2.24) is 10.3 Å². The number of pyridine rings is 1. The van der Waals surface area contributed by atoms with E-state index in [-0.39, 0.29) is 5.91 Å². The van der Waals surface area contributed by atoms with Gasteiger partial charge in [0.05, 0.1) is 12.2 Å². The van der Waals surface area contributed by atoms with Crippen LogP contribution in [0.3, 0.4) is 0 Å². The summed E-state index contributed by atoms with van der Waals surface area (Å²) in [5.74, 6) is -0.230. The van der Waals surface area contributed by atoms with E-state index in [1.807, 2.05) is 18.2 Å². The van der Waals surface area contributed by atoms with Crippen LogP contribution in [0.5, 0.6) is 0 Å². The van der Waals surface area contributed by atoms with E-state index in [4.69, 9.17) is 23.2 Å². The molecule has 1 heterocycles. The van der Waals surface area contributed by atoms with Crippen molar-refractivity contribution >= 4 is 35.2 Å². The Labute approximate surface area is 127 Å². The Morgan fingerprint density at radius 1 is 1.15 bits per heavy atom. The lowest BCUT2D eigenvalue weighted by molar-refractivity contribution is -0.116. The van der Waals surface area contributed by atoms with Crippen molar-refractivity contribution in [3.8, 4) is 0 Å². The minimum absolute atomic E-state index is 0.230. The summed E-state index contributed by atoms with van der Waals surface area (Å²) in [4.78, 5) is 15.8. The first kappa shape index (κ1) is 14.6. The van der Waals surface area contributed by atoms with Gasteiger partial charge in [0.25, 0.3) is 0 Å². The molecule has 20 heavy (non-hydrogen) atoms. The Morgan fingerprint density at radius 3 is 2.55 bits per heavy atom. The van der Waals surface area contributed by atoms with Crippen LogP contribution in [0.15, 0.2) is 48.7 Å². The van der Waals surface area contributed by atoms with E-state index in [1.54, 1.807) is 30.5 Å². The molecule has 0 atom stereocenters. The Hall–Kier alpha value is -1.84. The second-order valence-corrected chi connectivity index (χ2v) is 4.82. The number of aromatic nitrogens is 1. The molecule has 0 aliphatic heterocycles. The number of carbonyl (C=O) groups is 1. The second kappa shape index (κ2) is 7.08. The zero-order valence-electron chi connectivity index (χ0n) is 10.5. The maximum Gasteiger partial charge on any atom is 0.244 e. The van der Waals surface area contributed by atoms with Crippen LogP contribution >= 0.6 is 23.2 Å². The summed E-state index contributed by atoms with van der Waals surface area (Å²) in [5.41, 5.74) is 1.42. The highest BCUT2D eigenvalue weighted by Crippen LogP contribution is 2.25. The summed E-state index contributed by atoms with van der Waals surface area (Å²) in [5, 5.41) is 3.75. The van der Waals surface area contributed by atoms with Gasteiger partial charge < -0.3 is 5.32 Å². The smallest absolute Gasteiger partial charge is 0.244 e. The molecule has 0 aliphatic rings. The molecule has 0 spiro atoms. The highest BCUT2D eigenvalue weighted by Gasteiger charge is 2.02. The maximum atomic E-state index is 11.7. The quantitative estimate of drug-likeness (QED) is 0.875. The molecular weight excluding hydrogens is 295 g/mol. The zero-order chi connectivity index (χ0) is 14.4. The molecule has 2 aromatic rings. The summed E-state index contributed by atoms with van der Waals surface area (Å²) in [7, 11) is 0. The molecule has 0 saturated carbocycles. The van der Waals surface area contributed by atoms with Gasteiger partial charge in [-0.3, -0.25) is 9.78 Å². The summed E-state index contributed by atoms with van der Waals surface area (Å²) >= 11 is 12.0. The fraction of sp³-hybridized carbons (Fsp3) is 0.0667. The first-order valence-electron chi connectivity index (χ1n) is 5.96. The molecule has 1 amide bonds. The summed E-state index contributed by atoms with van der Waals surface area (Å²) in [6, 6.07) is 10.7. The van der Waals surface area contributed by atoms with Crippen molar-refractivity contribution < 1.29 is 4.79 Å². The fourth-order valence-electron chi connectivity index (χ4n) is 1.57. The van der Waals surface area contributed by atoms with Crippen LogP contribution in [0.4, 0.5) is 0 Å². The average Bonchev–Trinajstić information content (AvgIpc) is 2.46. The number of amides is 1. The molecular formula is C15H12Cl2N2O. The minimum atomic E-state index is -0.230. The highest BCUT2D eigenvalue weighted by atomic mass is 35.5. The van der Waals surface area contributed by atoms with Gasteiger partial charge >= 0.3 is 0 Å². The number of hydrogen-bond donors (Lipinski definition) is 1. The van der Waals surface area contributed by atoms with E-state index in [2.05, 4.69) is 10.3 Å². The molecule has 1 N–H and O–H groups in total. The normalized spacial score (nSPS) is 10.7. The SMILES string of the molecule is O=C(C=Cc1c(Cl)cccc1Cl)NCc1ccccn1. The molecule has 0 fully saturated rings. The average molecular weight is 307 g/mol. The van der Waals surface area contributed by atoms with Gasteiger partial charge in [-0.15, -0.1) is 0 Å². The summed E-state index contributed by atoms with van der Waals surface area (Å²) in [6.45, 7) is 0.375. The van der Waals surface area contributed by atoms with Crippen LogP contribution in [0.25, 0.3) is 6.08 Å². The number of benzene rings is 1. The molecule has 0 bridgehead atoms. The Kier molecular flexibility index (Phi) is 5.16. The molecule has 2 rings (SSSR count). The molecule has 1 aromatic carbocycles. The zero-order valence-corrected chi connectivity index (χ0v) is 12.0. The largest absolute Gasteiger partial charge is 0.347 e. The van der Waals surface area contributed by atoms with E-state index >= 15 is 0 Å². The van der Waals surface area contributed by atoms with Crippen molar-refractivity contribution in [3.63, 3.8) is 0 Å². The molecule has 0 aliphatic carbocycles. The van der Waals surface area contributed by atoms with E-state index in [0.717, 1.165) is 5.69 Å². The Morgan fingerprint density at radius 2 is 1.90 bits per heavy atom. The maximum absolute atomic E-state index is 11.7. The predicted octanol–water partition coefficient (Wildman–Crippen LogP) is 3.72. The van der Waals surface area contributed by atoms with Crippen molar-refractivity contribution in [2.45, 2.75) is 6.54 Å². The van der Waals surface area contributed by atoms with Gasteiger partial charge in [0.1, 0.15) is 0 Å². The van der Waals surface area contributed by atoms with Crippen LogP contribution in [0.2, 0.25) is 10.0 Å². The molecule has 0 radical (unpaired) electrons. The first-order chi connectivity index (χ1) is 9.66. The Bertz CT molecular complexity index is 607. The van der Waals surface area contributed by atoms with Crippen LogP contribution in [-0.4, -0.2) is 10.9 Å². The molecule has 5 heteroatoms. The van der Waals surface area contributed by atoms with Gasteiger partial charge in [-0.05, 0) is 30.3 Å². The number of nitrogens with one attached hydrogen (secondary N) is 1. The van der Waals surface area contributed by atoms with Gasteiger partial charge in [-0.1, -0.05) is 35.3 Å². The standard InChI is InChI=1S/C15H12Cl2N2O/c16-13-5-3-6-14(17)12(13)7-8-15(20)19-10-11-4-1-2-9-18-11/h1-9H,10H2,(H,19,20). The van der Waals surface area contributed by atoms with Gasteiger partial charge in [0, 0.05) is 27.9 Å². The number of nitrogens with zero attached hydrogens (tertiary/aromatic N) is 1. The van der Waals surface area contributed by atoms with Crippen molar-refractivity contribution in [1.29, 1.82) is 0 Å². The highest BCUT2D eigenvalue weighted by molar-refractivity contribution is 6.37. The van der Waals surface area contributed by atoms with Crippen molar-refractivity contribution in [2.75, 3.05) is 0 Å². The first-order valence-corrected chi connectivity index (χ1v) is 6.72. The third-order valence-electron chi connectivity index (χ3n) is 2.57.